The summed E-state index contributed by atoms with van der Waals surface area (Å²) in [5.74, 6) is 0.324. The maximum absolute atomic E-state index is 13.6. The second kappa shape index (κ2) is 10.2. The van der Waals surface area contributed by atoms with Crippen LogP contribution in [0.25, 0.3) is 22.0 Å². The van der Waals surface area contributed by atoms with Crippen molar-refractivity contribution in [2.45, 2.75) is 25.6 Å². The molecule has 9 heteroatoms. The molecule has 4 rings (SSSR count). The maximum atomic E-state index is 13.6. The zero-order chi connectivity index (χ0) is 25.9. The van der Waals surface area contributed by atoms with Crippen molar-refractivity contribution in [2.75, 3.05) is 17.2 Å². The molecule has 0 radical (unpaired) electrons. The van der Waals surface area contributed by atoms with E-state index in [0.29, 0.717) is 29.0 Å². The van der Waals surface area contributed by atoms with Crippen LogP contribution in [0.1, 0.15) is 24.9 Å². The van der Waals surface area contributed by atoms with Gasteiger partial charge in [-0.3, -0.25) is 4.79 Å². The number of halogens is 3. The number of carbonyl (C=O) groups excluding carboxylic acids is 1. The van der Waals surface area contributed by atoms with E-state index in [9.17, 15) is 23.1 Å². The third kappa shape index (κ3) is 5.26. The van der Waals surface area contributed by atoms with Crippen LogP contribution in [0.2, 0.25) is 0 Å². The van der Waals surface area contributed by atoms with Crippen molar-refractivity contribution >= 4 is 34.0 Å². The molecule has 1 amide bonds. The summed E-state index contributed by atoms with van der Waals surface area (Å²) >= 11 is 0. The highest BCUT2D eigenvalue weighted by atomic mass is 19.4. The van der Waals surface area contributed by atoms with Gasteiger partial charge in [0.15, 0.2) is 0 Å². The molecule has 4 aromatic rings. The van der Waals surface area contributed by atoms with Crippen molar-refractivity contribution < 1.29 is 23.1 Å². The Morgan fingerprint density at radius 3 is 2.47 bits per heavy atom. The highest BCUT2D eigenvalue weighted by molar-refractivity contribution is 5.99. The number of aromatic nitrogens is 2. The highest BCUT2D eigenvalue weighted by Gasteiger charge is 2.33. The van der Waals surface area contributed by atoms with E-state index in [1.165, 1.54) is 18.2 Å². The van der Waals surface area contributed by atoms with Crippen LogP contribution in [0.4, 0.5) is 30.4 Å². The zero-order valence-electron chi connectivity index (χ0n) is 19.5. The number of amides is 1. The summed E-state index contributed by atoms with van der Waals surface area (Å²) in [5.41, 5.74) is 1.62. The lowest BCUT2D eigenvalue weighted by Gasteiger charge is -2.16. The number of fused-ring (bicyclic) bond motifs is 1. The summed E-state index contributed by atoms with van der Waals surface area (Å²) in [5, 5.41) is 20.9. The normalized spacial score (nSPS) is 12.4. The first-order valence-corrected chi connectivity index (χ1v) is 11.3. The van der Waals surface area contributed by atoms with Crippen LogP contribution in [0.15, 0.2) is 79.4 Å². The number of rotatable bonds is 8. The van der Waals surface area contributed by atoms with Crippen molar-refractivity contribution in [3.63, 3.8) is 0 Å². The van der Waals surface area contributed by atoms with Gasteiger partial charge in [-0.05, 0) is 73.0 Å². The summed E-state index contributed by atoms with van der Waals surface area (Å²) < 4.78 is 42.5. The number of nitrogens with zero attached hydrogens (tertiary/aromatic N) is 2. The van der Waals surface area contributed by atoms with Gasteiger partial charge in [0.25, 0.3) is 0 Å². The largest absolute Gasteiger partial charge is 0.417 e. The van der Waals surface area contributed by atoms with Gasteiger partial charge in [0.1, 0.15) is 5.82 Å². The molecule has 0 saturated heterocycles. The van der Waals surface area contributed by atoms with E-state index in [1.807, 2.05) is 6.92 Å². The summed E-state index contributed by atoms with van der Waals surface area (Å²) in [6.07, 6.45) is -2.86. The van der Waals surface area contributed by atoms with Gasteiger partial charge in [0, 0.05) is 23.4 Å². The van der Waals surface area contributed by atoms with Crippen LogP contribution in [0.5, 0.6) is 0 Å². The van der Waals surface area contributed by atoms with Crippen molar-refractivity contribution in [3.8, 4) is 11.1 Å². The van der Waals surface area contributed by atoms with Crippen molar-refractivity contribution in [3.05, 3.63) is 84.9 Å². The summed E-state index contributed by atoms with van der Waals surface area (Å²) in [7, 11) is 0. The summed E-state index contributed by atoms with van der Waals surface area (Å²) in [6, 6.07) is 17.3. The van der Waals surface area contributed by atoms with E-state index < -0.39 is 11.7 Å². The molecule has 1 unspecified atom stereocenters. The predicted molar refractivity (Wildman–Crippen MR) is 135 cm³/mol. The SMILES string of the molecule is C=CC(=O)Nc1ccc(Nc2c3ccc(-c4ccccc4C(F)(F)F)cc3nn2C(C)CCO)cc1. The Morgan fingerprint density at radius 2 is 1.81 bits per heavy atom. The molecule has 1 heterocycles. The number of aliphatic hydroxyl groups excluding tert-OH is 1. The Morgan fingerprint density at radius 1 is 1.11 bits per heavy atom. The molecule has 3 N–H and O–H groups in total. The Hall–Kier alpha value is -4.11. The molecule has 0 aliphatic carbocycles. The molecule has 0 fully saturated rings. The first-order valence-electron chi connectivity index (χ1n) is 11.3. The number of aliphatic hydroxyl groups is 1. The summed E-state index contributed by atoms with van der Waals surface area (Å²) in [6.45, 7) is 5.29. The maximum Gasteiger partial charge on any atom is 0.417 e. The third-order valence-corrected chi connectivity index (χ3v) is 5.81. The van der Waals surface area contributed by atoms with E-state index in [0.717, 1.165) is 17.1 Å². The molecular formula is C27H25F3N4O2. The standard InChI is InChI=1S/C27H25F3N4O2/c1-3-25(36)31-19-9-11-20(12-10-19)32-26-22-13-8-18(16-24(22)33-34(26)17(2)14-15-35)21-6-4-5-7-23(21)27(28,29)30/h3-13,16-17,32,35H,1,14-15H2,2H3,(H,31,36). The van der Waals surface area contributed by atoms with Crippen LogP contribution in [0, 0.1) is 0 Å². The minimum Gasteiger partial charge on any atom is -0.396 e. The van der Waals surface area contributed by atoms with Crippen LogP contribution < -0.4 is 10.6 Å². The lowest BCUT2D eigenvalue weighted by Crippen LogP contribution is -2.11. The highest BCUT2D eigenvalue weighted by Crippen LogP contribution is 2.39. The number of hydrogen-bond donors (Lipinski definition) is 3. The van der Waals surface area contributed by atoms with Crippen molar-refractivity contribution in [2.24, 2.45) is 0 Å². The van der Waals surface area contributed by atoms with E-state index in [-0.39, 0.29) is 24.1 Å². The van der Waals surface area contributed by atoms with Crippen molar-refractivity contribution in [1.82, 2.24) is 9.78 Å². The monoisotopic (exact) mass is 494 g/mol. The van der Waals surface area contributed by atoms with Crippen molar-refractivity contribution in [1.29, 1.82) is 0 Å². The number of hydrogen-bond acceptors (Lipinski definition) is 4. The Balaban J connectivity index is 1.75. The fraction of sp³-hybridized carbons (Fsp3) is 0.185. The average molecular weight is 495 g/mol. The molecule has 0 bridgehead atoms. The molecule has 0 saturated carbocycles. The zero-order valence-corrected chi connectivity index (χ0v) is 19.5. The van der Waals surface area contributed by atoms with Gasteiger partial charge in [-0.2, -0.15) is 18.3 Å². The van der Waals surface area contributed by atoms with E-state index in [1.54, 1.807) is 53.2 Å². The van der Waals surface area contributed by atoms with Crippen LogP contribution in [-0.4, -0.2) is 27.4 Å². The number of carbonyl (C=O) groups is 1. The Bertz CT molecular complexity index is 1390. The number of alkyl halides is 3. The number of nitrogens with one attached hydrogen (secondary N) is 2. The average Bonchev–Trinajstić information content (AvgIpc) is 3.22. The lowest BCUT2D eigenvalue weighted by atomic mass is 9.98. The fourth-order valence-electron chi connectivity index (χ4n) is 3.97. The Labute approximate surface area is 206 Å². The smallest absolute Gasteiger partial charge is 0.396 e. The fourth-order valence-corrected chi connectivity index (χ4v) is 3.97. The first-order chi connectivity index (χ1) is 17.2. The minimum absolute atomic E-state index is 0.0429. The van der Waals surface area contributed by atoms with Crippen LogP contribution in [-0.2, 0) is 11.0 Å². The van der Waals surface area contributed by atoms with Crippen LogP contribution >= 0.6 is 0 Å². The van der Waals surface area contributed by atoms with Gasteiger partial charge < -0.3 is 15.7 Å². The molecule has 186 valence electrons. The number of anilines is 3. The molecule has 1 atom stereocenters. The lowest BCUT2D eigenvalue weighted by molar-refractivity contribution is -0.137. The molecule has 0 spiro atoms. The van der Waals surface area contributed by atoms with Gasteiger partial charge in [-0.15, -0.1) is 0 Å². The van der Waals surface area contributed by atoms with Gasteiger partial charge in [0.05, 0.1) is 17.1 Å². The summed E-state index contributed by atoms with van der Waals surface area (Å²) in [4.78, 5) is 11.5. The van der Waals surface area contributed by atoms with E-state index >= 15 is 0 Å². The molecule has 0 aliphatic rings. The van der Waals surface area contributed by atoms with Gasteiger partial charge >= 0.3 is 6.18 Å². The second-order valence-corrected chi connectivity index (χ2v) is 8.33. The van der Waals surface area contributed by atoms with Gasteiger partial charge in [-0.25, -0.2) is 4.68 Å². The molecule has 36 heavy (non-hydrogen) atoms. The molecule has 0 aliphatic heterocycles. The van der Waals surface area contributed by atoms with Crippen LogP contribution in [0.3, 0.4) is 0 Å². The van der Waals surface area contributed by atoms with Gasteiger partial charge in [-0.1, -0.05) is 30.8 Å². The minimum atomic E-state index is -4.48. The van der Waals surface area contributed by atoms with Gasteiger partial charge in [0.2, 0.25) is 5.91 Å². The molecular weight excluding hydrogens is 469 g/mol. The molecule has 1 aromatic heterocycles. The van der Waals surface area contributed by atoms with E-state index in [4.69, 9.17) is 0 Å². The third-order valence-electron chi connectivity index (χ3n) is 5.81. The molecule has 3 aromatic carbocycles. The van der Waals surface area contributed by atoms with E-state index in [2.05, 4.69) is 22.3 Å². The topological polar surface area (TPSA) is 79.2 Å². The second-order valence-electron chi connectivity index (χ2n) is 8.33. The molecule has 6 nitrogen and oxygen atoms in total. The quantitative estimate of drug-likeness (QED) is 0.243. The predicted octanol–water partition coefficient (Wildman–Crippen LogP) is 6.53. The Kier molecular flexibility index (Phi) is 7.12. The number of benzene rings is 3. The first kappa shape index (κ1) is 25.0.